The summed E-state index contributed by atoms with van der Waals surface area (Å²) in [5.41, 5.74) is 0.472. The smallest absolute Gasteiger partial charge is 0.258 e. The van der Waals surface area contributed by atoms with Gasteiger partial charge in [-0.15, -0.1) is 0 Å². The maximum atomic E-state index is 12.6. The Bertz CT molecular complexity index is 447. The number of halogens is 2. The topological polar surface area (TPSA) is 49.4 Å². The first-order valence-corrected chi connectivity index (χ1v) is 7.68. The van der Waals surface area contributed by atoms with E-state index in [1.807, 2.05) is 0 Å². The van der Waals surface area contributed by atoms with Crippen LogP contribution in [0.15, 0.2) is 36.0 Å². The molecule has 0 aromatic rings. The summed E-state index contributed by atoms with van der Waals surface area (Å²) < 4.78 is 27.7. The Kier molecular flexibility index (Phi) is 9.60. The molecular formula is C15H22F2N2O2S. The van der Waals surface area contributed by atoms with E-state index in [0.717, 1.165) is 18.9 Å². The largest absolute Gasteiger partial charge is 0.341 e. The highest BCUT2D eigenvalue weighted by Crippen LogP contribution is 2.12. The van der Waals surface area contributed by atoms with Crippen LogP contribution in [0.2, 0.25) is 0 Å². The summed E-state index contributed by atoms with van der Waals surface area (Å²) in [6.07, 6.45) is 5.11. The number of hydrogen-bond donors (Lipinski definition) is 1. The molecule has 0 rings (SSSR count). The van der Waals surface area contributed by atoms with Crippen molar-refractivity contribution >= 4 is 24.1 Å². The quantitative estimate of drug-likeness (QED) is 0.220. The highest BCUT2D eigenvalue weighted by molar-refractivity contribution is 7.97. The molecule has 0 aromatic heterocycles. The number of likely N-dealkylation sites (N-methyl/N-ethyl adjacent to an activating group) is 1. The standard InChI is InChI=1S/C15H22F2N2O2S/c1-5-7-13(12(6-2)10-20)14(21)19(4)8-9-22-18-11-15(3,16)17/h5-7,10,18H,2,8-9,11H2,1,3-4H3/b7-5-,13-12-. The minimum absolute atomic E-state index is 0.214. The van der Waals surface area contributed by atoms with Crippen molar-refractivity contribution in [1.82, 2.24) is 9.62 Å². The van der Waals surface area contributed by atoms with Crippen LogP contribution < -0.4 is 4.72 Å². The number of amides is 1. The molecule has 0 unspecified atom stereocenters. The molecule has 22 heavy (non-hydrogen) atoms. The van der Waals surface area contributed by atoms with Gasteiger partial charge in [-0.3, -0.25) is 14.3 Å². The van der Waals surface area contributed by atoms with E-state index in [4.69, 9.17) is 0 Å². The lowest BCUT2D eigenvalue weighted by Gasteiger charge is -2.18. The predicted molar refractivity (Wildman–Crippen MR) is 86.8 cm³/mol. The van der Waals surface area contributed by atoms with E-state index < -0.39 is 12.5 Å². The van der Waals surface area contributed by atoms with Gasteiger partial charge in [0.2, 0.25) is 0 Å². The van der Waals surface area contributed by atoms with Crippen LogP contribution in [0.5, 0.6) is 0 Å². The van der Waals surface area contributed by atoms with Gasteiger partial charge in [-0.25, -0.2) is 8.78 Å². The van der Waals surface area contributed by atoms with Gasteiger partial charge in [-0.2, -0.15) is 0 Å². The number of rotatable bonds is 10. The van der Waals surface area contributed by atoms with Gasteiger partial charge in [0.05, 0.1) is 6.54 Å². The highest BCUT2D eigenvalue weighted by Gasteiger charge is 2.20. The fraction of sp³-hybridized carbons (Fsp3) is 0.467. The molecule has 0 aliphatic rings. The van der Waals surface area contributed by atoms with Crippen molar-refractivity contribution in [3.63, 3.8) is 0 Å². The summed E-state index contributed by atoms with van der Waals surface area (Å²) in [6, 6.07) is 0. The number of carbonyl (C=O) groups is 2. The van der Waals surface area contributed by atoms with Crippen LogP contribution in [0, 0.1) is 0 Å². The van der Waals surface area contributed by atoms with Gasteiger partial charge in [0.1, 0.15) is 0 Å². The third kappa shape index (κ3) is 8.09. The van der Waals surface area contributed by atoms with Crippen molar-refractivity contribution in [1.29, 1.82) is 0 Å². The Morgan fingerprint density at radius 2 is 2.09 bits per heavy atom. The van der Waals surface area contributed by atoms with Crippen LogP contribution in [-0.4, -0.2) is 48.9 Å². The van der Waals surface area contributed by atoms with Crippen LogP contribution in [0.25, 0.3) is 0 Å². The average Bonchev–Trinajstić information content (AvgIpc) is 2.45. The van der Waals surface area contributed by atoms with Crippen molar-refractivity contribution < 1.29 is 18.4 Å². The molecular weight excluding hydrogens is 310 g/mol. The third-order valence-corrected chi connectivity index (χ3v) is 3.32. The lowest BCUT2D eigenvalue weighted by Crippen LogP contribution is -2.32. The Balaban J connectivity index is 4.55. The molecule has 7 heteroatoms. The molecule has 0 aliphatic heterocycles. The fourth-order valence-corrected chi connectivity index (χ4v) is 2.28. The number of hydrogen-bond acceptors (Lipinski definition) is 4. The van der Waals surface area contributed by atoms with Gasteiger partial charge in [0.25, 0.3) is 11.8 Å². The van der Waals surface area contributed by atoms with E-state index >= 15 is 0 Å². The molecule has 0 spiro atoms. The first kappa shape index (κ1) is 20.5. The molecule has 0 radical (unpaired) electrons. The number of carbonyl (C=O) groups excluding carboxylic acids is 2. The zero-order valence-corrected chi connectivity index (χ0v) is 13.9. The maximum absolute atomic E-state index is 12.6. The minimum Gasteiger partial charge on any atom is -0.341 e. The van der Waals surface area contributed by atoms with E-state index in [0.29, 0.717) is 18.6 Å². The predicted octanol–water partition coefficient (Wildman–Crippen LogP) is 2.60. The zero-order valence-electron chi connectivity index (χ0n) is 13.1. The Hall–Kier alpha value is -1.47. The van der Waals surface area contributed by atoms with Gasteiger partial charge >= 0.3 is 0 Å². The molecule has 1 amide bonds. The first-order chi connectivity index (χ1) is 10.3. The molecule has 0 fully saturated rings. The molecule has 0 aliphatic carbocycles. The van der Waals surface area contributed by atoms with Gasteiger partial charge in [-0.05, 0) is 6.92 Å². The van der Waals surface area contributed by atoms with Gasteiger partial charge in [-0.1, -0.05) is 36.8 Å². The number of alkyl halides is 2. The van der Waals surface area contributed by atoms with Crippen LogP contribution in [0.3, 0.4) is 0 Å². The monoisotopic (exact) mass is 332 g/mol. The zero-order chi connectivity index (χ0) is 17.2. The van der Waals surface area contributed by atoms with E-state index in [1.54, 1.807) is 26.1 Å². The van der Waals surface area contributed by atoms with Gasteiger partial charge in [0, 0.05) is 37.4 Å². The SMILES string of the molecule is C=C/C(C=O)=C(\C=C/C)C(=O)N(C)CCSNCC(C)(F)F. The van der Waals surface area contributed by atoms with Gasteiger partial charge < -0.3 is 4.90 Å². The minimum atomic E-state index is -2.76. The van der Waals surface area contributed by atoms with Crippen molar-refractivity contribution in [2.75, 3.05) is 25.9 Å². The summed E-state index contributed by atoms with van der Waals surface area (Å²) in [6.45, 7) is 6.01. The fourth-order valence-electron chi connectivity index (χ4n) is 1.42. The summed E-state index contributed by atoms with van der Waals surface area (Å²) in [4.78, 5) is 24.7. The van der Waals surface area contributed by atoms with Gasteiger partial charge in [0.15, 0.2) is 6.29 Å². The molecule has 1 N–H and O–H groups in total. The Morgan fingerprint density at radius 1 is 1.45 bits per heavy atom. The number of nitrogens with one attached hydrogen (secondary N) is 1. The second-order valence-electron chi connectivity index (χ2n) is 4.66. The maximum Gasteiger partial charge on any atom is 0.258 e. The Morgan fingerprint density at radius 3 is 2.55 bits per heavy atom. The number of allylic oxidation sites excluding steroid dienone is 3. The first-order valence-electron chi connectivity index (χ1n) is 6.69. The molecule has 0 aromatic carbocycles. The number of nitrogens with zero attached hydrogens (tertiary/aromatic N) is 1. The molecule has 124 valence electrons. The highest BCUT2D eigenvalue weighted by atomic mass is 32.2. The number of aldehydes is 1. The molecule has 0 atom stereocenters. The average molecular weight is 332 g/mol. The summed E-state index contributed by atoms with van der Waals surface area (Å²) in [5, 5.41) is 0. The van der Waals surface area contributed by atoms with Crippen LogP contribution in [-0.2, 0) is 9.59 Å². The van der Waals surface area contributed by atoms with Crippen LogP contribution in [0.4, 0.5) is 8.78 Å². The van der Waals surface area contributed by atoms with Crippen molar-refractivity contribution in [3.05, 3.63) is 36.0 Å². The van der Waals surface area contributed by atoms with E-state index in [2.05, 4.69) is 11.3 Å². The summed E-state index contributed by atoms with van der Waals surface area (Å²) >= 11 is 1.12. The second kappa shape index (κ2) is 10.3. The molecule has 0 heterocycles. The Labute approximate surface area is 134 Å². The van der Waals surface area contributed by atoms with E-state index in [9.17, 15) is 18.4 Å². The van der Waals surface area contributed by atoms with E-state index in [-0.39, 0.29) is 17.1 Å². The van der Waals surface area contributed by atoms with Crippen LogP contribution in [0.1, 0.15) is 13.8 Å². The van der Waals surface area contributed by atoms with Crippen molar-refractivity contribution in [2.24, 2.45) is 0 Å². The lowest BCUT2D eigenvalue weighted by molar-refractivity contribution is -0.125. The molecule has 0 bridgehead atoms. The molecule has 4 nitrogen and oxygen atoms in total. The van der Waals surface area contributed by atoms with E-state index in [1.165, 1.54) is 11.0 Å². The van der Waals surface area contributed by atoms with Crippen LogP contribution >= 0.6 is 11.9 Å². The lowest BCUT2D eigenvalue weighted by atomic mass is 10.1. The van der Waals surface area contributed by atoms with Crippen molar-refractivity contribution in [2.45, 2.75) is 19.8 Å². The summed E-state index contributed by atoms with van der Waals surface area (Å²) in [5.74, 6) is -2.63. The second-order valence-corrected chi connectivity index (χ2v) is 5.64. The summed E-state index contributed by atoms with van der Waals surface area (Å²) in [7, 11) is 1.59. The molecule has 0 saturated heterocycles. The normalized spacial score (nSPS) is 13.0. The van der Waals surface area contributed by atoms with Crippen molar-refractivity contribution in [3.8, 4) is 0 Å². The molecule has 0 saturated carbocycles. The third-order valence-electron chi connectivity index (χ3n) is 2.58.